The summed E-state index contributed by atoms with van der Waals surface area (Å²) in [4.78, 5) is 7.30. The van der Waals surface area contributed by atoms with Crippen molar-refractivity contribution in [1.82, 2.24) is 15.2 Å². The van der Waals surface area contributed by atoms with Crippen LogP contribution in [-0.4, -0.2) is 47.2 Å². The van der Waals surface area contributed by atoms with E-state index in [1.807, 2.05) is 6.07 Å². The SMILES string of the molecule is CC1COCCN1c1cc(C2CCC(c3ccccc3)CC2)c(C=N)c(Nc2ccn[nH]2)n1. The van der Waals surface area contributed by atoms with Gasteiger partial charge in [0.2, 0.25) is 0 Å². The molecule has 1 aromatic carbocycles. The highest BCUT2D eigenvalue weighted by atomic mass is 16.5. The molecule has 33 heavy (non-hydrogen) atoms. The van der Waals surface area contributed by atoms with Gasteiger partial charge in [-0.25, -0.2) is 4.98 Å². The third kappa shape index (κ3) is 4.64. The van der Waals surface area contributed by atoms with Gasteiger partial charge in [0, 0.05) is 24.4 Å². The molecule has 1 saturated carbocycles. The lowest BCUT2D eigenvalue weighted by molar-refractivity contribution is 0.0985. The largest absolute Gasteiger partial charge is 0.377 e. The minimum absolute atomic E-state index is 0.263. The molecule has 3 aromatic rings. The third-order valence-corrected chi connectivity index (χ3v) is 7.08. The van der Waals surface area contributed by atoms with Crippen LogP contribution in [0, 0.1) is 5.41 Å². The van der Waals surface area contributed by atoms with E-state index in [1.165, 1.54) is 30.2 Å². The molecule has 1 aliphatic carbocycles. The van der Waals surface area contributed by atoms with Crippen LogP contribution >= 0.6 is 0 Å². The molecule has 2 aliphatic rings. The molecule has 5 rings (SSSR count). The molecule has 0 bridgehead atoms. The number of hydrogen-bond donors (Lipinski definition) is 3. The molecule has 2 aromatic heterocycles. The van der Waals surface area contributed by atoms with Crippen molar-refractivity contribution in [3.05, 3.63) is 65.4 Å². The summed E-state index contributed by atoms with van der Waals surface area (Å²) < 4.78 is 5.66. The monoisotopic (exact) mass is 444 g/mol. The van der Waals surface area contributed by atoms with Crippen LogP contribution in [0.2, 0.25) is 0 Å². The molecule has 1 atom stereocenters. The lowest BCUT2D eigenvalue weighted by Gasteiger charge is -2.36. The Labute approximate surface area is 195 Å². The van der Waals surface area contributed by atoms with Crippen molar-refractivity contribution in [2.75, 3.05) is 30.0 Å². The molecule has 1 unspecified atom stereocenters. The zero-order chi connectivity index (χ0) is 22.6. The Balaban J connectivity index is 1.47. The number of nitrogens with zero attached hydrogens (tertiary/aromatic N) is 3. The van der Waals surface area contributed by atoms with Crippen LogP contribution in [0.3, 0.4) is 0 Å². The molecule has 1 saturated heterocycles. The first-order valence-corrected chi connectivity index (χ1v) is 11.9. The number of aromatic amines is 1. The molecule has 3 N–H and O–H groups in total. The fourth-order valence-electron chi connectivity index (χ4n) is 5.28. The molecule has 0 radical (unpaired) electrons. The van der Waals surface area contributed by atoms with E-state index in [0.29, 0.717) is 30.9 Å². The fraction of sp³-hybridized carbons (Fsp3) is 0.423. The Morgan fingerprint density at radius 3 is 2.61 bits per heavy atom. The molecule has 172 valence electrons. The maximum absolute atomic E-state index is 8.24. The predicted octanol–water partition coefficient (Wildman–Crippen LogP) is 5.21. The highest BCUT2D eigenvalue weighted by molar-refractivity contribution is 5.88. The highest BCUT2D eigenvalue weighted by Gasteiger charge is 2.28. The number of nitrogens with one attached hydrogen (secondary N) is 3. The van der Waals surface area contributed by atoms with Crippen molar-refractivity contribution < 1.29 is 4.74 Å². The first-order valence-electron chi connectivity index (χ1n) is 11.9. The van der Waals surface area contributed by atoms with Gasteiger partial charge in [-0.1, -0.05) is 30.3 Å². The second-order valence-electron chi connectivity index (χ2n) is 9.15. The molecule has 3 heterocycles. The van der Waals surface area contributed by atoms with Crippen molar-refractivity contribution in [2.24, 2.45) is 0 Å². The number of ether oxygens (including phenoxy) is 1. The number of morpholine rings is 1. The molecule has 0 amide bonds. The van der Waals surface area contributed by atoms with Crippen LogP contribution < -0.4 is 10.2 Å². The van der Waals surface area contributed by atoms with E-state index in [1.54, 1.807) is 6.20 Å². The zero-order valence-corrected chi connectivity index (χ0v) is 19.1. The van der Waals surface area contributed by atoms with Gasteiger partial charge in [0.25, 0.3) is 0 Å². The lowest BCUT2D eigenvalue weighted by atomic mass is 9.75. The van der Waals surface area contributed by atoms with Crippen LogP contribution in [0.15, 0.2) is 48.7 Å². The Kier molecular flexibility index (Phi) is 6.39. The molecular weight excluding hydrogens is 412 g/mol. The van der Waals surface area contributed by atoms with E-state index in [-0.39, 0.29) is 6.04 Å². The Hall–Kier alpha value is -3.19. The summed E-state index contributed by atoms with van der Waals surface area (Å²) in [6.45, 7) is 4.41. The van der Waals surface area contributed by atoms with Gasteiger partial charge in [-0.2, -0.15) is 5.10 Å². The van der Waals surface area contributed by atoms with Crippen LogP contribution in [0.1, 0.15) is 61.1 Å². The second-order valence-corrected chi connectivity index (χ2v) is 9.15. The summed E-state index contributed by atoms with van der Waals surface area (Å²) in [7, 11) is 0. The molecule has 1 aliphatic heterocycles. The van der Waals surface area contributed by atoms with Gasteiger partial charge >= 0.3 is 0 Å². The van der Waals surface area contributed by atoms with Gasteiger partial charge < -0.3 is 20.4 Å². The maximum atomic E-state index is 8.24. The van der Waals surface area contributed by atoms with E-state index < -0.39 is 0 Å². The first kappa shape index (κ1) is 21.6. The number of rotatable bonds is 6. The number of H-pyrrole nitrogens is 1. The third-order valence-electron chi connectivity index (χ3n) is 7.08. The quantitative estimate of drug-likeness (QED) is 0.454. The Morgan fingerprint density at radius 2 is 1.91 bits per heavy atom. The summed E-state index contributed by atoms with van der Waals surface area (Å²) >= 11 is 0. The van der Waals surface area contributed by atoms with Crippen LogP contribution in [0.4, 0.5) is 17.5 Å². The van der Waals surface area contributed by atoms with Crippen molar-refractivity contribution in [2.45, 2.75) is 50.5 Å². The van der Waals surface area contributed by atoms with E-state index in [4.69, 9.17) is 15.1 Å². The number of pyridine rings is 1. The van der Waals surface area contributed by atoms with Gasteiger partial charge in [0.05, 0.1) is 25.5 Å². The molecule has 2 fully saturated rings. The van der Waals surface area contributed by atoms with Crippen LogP contribution in [-0.2, 0) is 4.74 Å². The van der Waals surface area contributed by atoms with Crippen LogP contribution in [0.25, 0.3) is 0 Å². The summed E-state index contributed by atoms with van der Waals surface area (Å²) in [6.07, 6.45) is 7.74. The zero-order valence-electron chi connectivity index (χ0n) is 19.1. The van der Waals surface area contributed by atoms with Gasteiger partial charge in [0.15, 0.2) is 0 Å². The molecule has 7 nitrogen and oxygen atoms in total. The summed E-state index contributed by atoms with van der Waals surface area (Å²) in [5.41, 5.74) is 3.54. The first-order chi connectivity index (χ1) is 16.2. The lowest BCUT2D eigenvalue weighted by Crippen LogP contribution is -2.44. The van der Waals surface area contributed by atoms with Crippen molar-refractivity contribution in [3.63, 3.8) is 0 Å². The number of hydrogen-bond acceptors (Lipinski definition) is 6. The average molecular weight is 445 g/mol. The number of anilines is 3. The Morgan fingerprint density at radius 1 is 1.12 bits per heavy atom. The van der Waals surface area contributed by atoms with E-state index in [2.05, 4.69) is 63.7 Å². The topological polar surface area (TPSA) is 89.9 Å². The van der Waals surface area contributed by atoms with Gasteiger partial charge in [-0.05, 0) is 61.6 Å². The fourth-order valence-corrected chi connectivity index (χ4v) is 5.28. The second kappa shape index (κ2) is 9.75. The normalized spacial score (nSPS) is 23.3. The summed E-state index contributed by atoms with van der Waals surface area (Å²) in [5.74, 6) is 3.48. The van der Waals surface area contributed by atoms with Crippen LogP contribution in [0.5, 0.6) is 0 Å². The van der Waals surface area contributed by atoms with E-state index >= 15 is 0 Å². The van der Waals surface area contributed by atoms with Gasteiger partial charge in [-0.3, -0.25) is 5.10 Å². The Bertz CT molecular complexity index is 1060. The highest BCUT2D eigenvalue weighted by Crippen LogP contribution is 2.43. The van der Waals surface area contributed by atoms with Crippen molar-refractivity contribution >= 4 is 23.7 Å². The van der Waals surface area contributed by atoms with Gasteiger partial charge in [-0.15, -0.1) is 0 Å². The smallest absolute Gasteiger partial charge is 0.143 e. The van der Waals surface area contributed by atoms with Crippen molar-refractivity contribution in [3.8, 4) is 0 Å². The molecule has 7 heteroatoms. The molecule has 0 spiro atoms. The van der Waals surface area contributed by atoms with E-state index in [9.17, 15) is 0 Å². The summed E-state index contributed by atoms with van der Waals surface area (Å²) in [5, 5.41) is 18.6. The van der Waals surface area contributed by atoms with E-state index in [0.717, 1.165) is 36.6 Å². The average Bonchev–Trinajstić information content (AvgIpc) is 3.38. The number of aromatic nitrogens is 3. The maximum Gasteiger partial charge on any atom is 0.143 e. The predicted molar refractivity (Wildman–Crippen MR) is 132 cm³/mol. The minimum atomic E-state index is 0.263. The number of benzene rings is 1. The molecular formula is C26H32N6O. The van der Waals surface area contributed by atoms with Gasteiger partial charge in [0.1, 0.15) is 17.5 Å². The minimum Gasteiger partial charge on any atom is -0.377 e. The summed E-state index contributed by atoms with van der Waals surface area (Å²) in [6, 6.07) is 15.2. The van der Waals surface area contributed by atoms with Crippen molar-refractivity contribution in [1.29, 1.82) is 5.41 Å². The standard InChI is InChI=1S/C26H32N6O/c1-18-17-33-14-13-32(18)25-15-22(23(16-27)26(30-25)29-24-11-12-28-31-24)21-9-7-20(8-10-21)19-5-3-2-4-6-19/h2-6,11-12,15-16,18,20-21,27H,7-10,13-14,17H2,1H3,(H2,28,29,30,31).